The van der Waals surface area contributed by atoms with Crippen molar-refractivity contribution in [2.24, 2.45) is 0 Å². The molecule has 0 radical (unpaired) electrons. The van der Waals surface area contributed by atoms with Gasteiger partial charge in [-0.05, 0) is 31.9 Å². The van der Waals surface area contributed by atoms with E-state index in [2.05, 4.69) is 27.4 Å². The van der Waals surface area contributed by atoms with Gasteiger partial charge in [-0.1, -0.05) is 24.2 Å². The van der Waals surface area contributed by atoms with E-state index in [9.17, 15) is 14.9 Å². The number of carbonyl (C=O) groups is 1. The van der Waals surface area contributed by atoms with E-state index >= 15 is 0 Å². The molecule has 0 saturated heterocycles. The van der Waals surface area contributed by atoms with Gasteiger partial charge in [0.2, 0.25) is 0 Å². The minimum atomic E-state index is -0.805. The monoisotopic (exact) mass is 447 g/mol. The molecule has 10 heteroatoms. The number of benzene rings is 1. The Kier molecular flexibility index (Phi) is 10.3. The summed E-state index contributed by atoms with van der Waals surface area (Å²) < 4.78 is 10.3. The van der Waals surface area contributed by atoms with Crippen LogP contribution in [0.15, 0.2) is 48.7 Å². The van der Waals surface area contributed by atoms with Crippen LogP contribution in [0.4, 0.5) is 10.5 Å². The first-order valence-electron chi connectivity index (χ1n) is 9.35. The summed E-state index contributed by atoms with van der Waals surface area (Å²) in [6, 6.07) is 13.7. The molecule has 31 heavy (non-hydrogen) atoms. The summed E-state index contributed by atoms with van der Waals surface area (Å²) in [6.07, 6.45) is 5.80. The quantitative estimate of drug-likeness (QED) is 0.159. The molecule has 0 spiro atoms. The molecule has 4 rings (SSSR count). The van der Waals surface area contributed by atoms with Crippen molar-refractivity contribution >= 4 is 11.8 Å². The molecule has 0 bridgehead atoms. The number of non-ortho nitro benzene ring substituents is 1. The Morgan fingerprint density at radius 3 is 2.61 bits per heavy atom. The number of nitrogens with one attached hydrogen (secondary N) is 1. The number of hydrogen-bond donors (Lipinski definition) is 1. The van der Waals surface area contributed by atoms with Gasteiger partial charge in [0.25, 0.3) is 5.69 Å². The number of nitro groups is 1. The molecule has 156 valence electrons. The van der Waals surface area contributed by atoms with Crippen LogP contribution in [0.1, 0.15) is 36.6 Å². The number of aryl methyl sites for hydroxylation is 1. The van der Waals surface area contributed by atoms with Crippen molar-refractivity contribution in [1.29, 1.82) is 0 Å². The molecular weight excluding hydrogens is 427 g/mol. The van der Waals surface area contributed by atoms with Gasteiger partial charge in [-0.3, -0.25) is 10.1 Å². The number of nitrogens with zero attached hydrogens (tertiary/aromatic N) is 3. The number of hydrogen-bond acceptors (Lipinski definition) is 7. The van der Waals surface area contributed by atoms with Crippen molar-refractivity contribution in [1.82, 2.24) is 15.2 Å². The van der Waals surface area contributed by atoms with Gasteiger partial charge in [0, 0.05) is 12.1 Å². The third-order valence-electron chi connectivity index (χ3n) is 4.55. The Morgan fingerprint density at radius 1 is 1.29 bits per heavy atom. The number of H-pyrrole nitrogens is 1. The van der Waals surface area contributed by atoms with Gasteiger partial charge in [-0.2, -0.15) is 12.1 Å². The summed E-state index contributed by atoms with van der Waals surface area (Å²) in [7, 11) is 0. The van der Waals surface area contributed by atoms with Crippen LogP contribution in [-0.2, 0) is 4.74 Å². The molecule has 0 aliphatic heterocycles. The van der Waals surface area contributed by atoms with Crippen LogP contribution in [0.3, 0.4) is 0 Å². The molecule has 2 heterocycles. The zero-order chi connectivity index (χ0) is 21.3. The molecular formula is C21H20KN4O5-. The Bertz CT molecular complexity index is 952. The summed E-state index contributed by atoms with van der Waals surface area (Å²) in [5.41, 5.74) is 1.86. The molecule has 1 saturated carbocycles. The van der Waals surface area contributed by atoms with Gasteiger partial charge >= 0.3 is 57.5 Å². The number of aromatic nitrogens is 3. The molecule has 2 unspecified atom stereocenters. The Morgan fingerprint density at radius 2 is 2.06 bits per heavy atom. The summed E-state index contributed by atoms with van der Waals surface area (Å²) >= 11 is 0. The van der Waals surface area contributed by atoms with E-state index in [-0.39, 0.29) is 74.8 Å². The first kappa shape index (κ1) is 25.1. The Hall–Kier alpha value is -2.11. The predicted octanol–water partition coefficient (Wildman–Crippen LogP) is 1.16. The fourth-order valence-electron chi connectivity index (χ4n) is 3.07. The smallest absolute Gasteiger partial charge is 0.431 e. The van der Waals surface area contributed by atoms with Crippen molar-refractivity contribution in [3.05, 3.63) is 82.4 Å². The zero-order valence-corrected chi connectivity index (χ0v) is 20.4. The Balaban J connectivity index is 0.000000364. The largest absolute Gasteiger partial charge is 1.00 e. The minimum Gasteiger partial charge on any atom is -0.431 e. The Labute approximate surface area is 222 Å². The molecule has 1 N–H and O–H groups in total. The van der Waals surface area contributed by atoms with E-state index in [1.165, 1.54) is 24.3 Å². The molecule has 1 fully saturated rings. The number of ether oxygens (including phenoxy) is 2. The topological polar surface area (TPSA) is 120 Å². The second kappa shape index (κ2) is 12.7. The first-order chi connectivity index (χ1) is 14.5. The third-order valence-corrected chi connectivity index (χ3v) is 4.55. The number of aromatic amines is 1. The normalized spacial score (nSPS) is 16.9. The maximum absolute atomic E-state index is 11.8. The van der Waals surface area contributed by atoms with Crippen LogP contribution in [0.2, 0.25) is 0 Å². The molecule has 2 aromatic heterocycles. The zero-order valence-electron chi connectivity index (χ0n) is 17.3. The predicted molar refractivity (Wildman–Crippen MR) is 106 cm³/mol. The molecule has 9 nitrogen and oxygen atoms in total. The molecule has 0 amide bonds. The fourth-order valence-corrected chi connectivity index (χ4v) is 3.07. The fraction of sp³-hybridized carbons (Fsp3) is 0.286. The van der Waals surface area contributed by atoms with Crippen LogP contribution < -0.4 is 56.1 Å². The summed E-state index contributed by atoms with van der Waals surface area (Å²) in [6.45, 7) is 1.92. The van der Waals surface area contributed by atoms with Crippen molar-refractivity contribution in [2.45, 2.75) is 38.2 Å². The van der Waals surface area contributed by atoms with E-state index < -0.39 is 11.1 Å². The molecule has 2 atom stereocenters. The van der Waals surface area contributed by atoms with Gasteiger partial charge in [0.15, 0.2) is 0 Å². The van der Waals surface area contributed by atoms with Gasteiger partial charge in [-0.25, -0.2) is 16.9 Å². The number of pyridine rings is 1. The number of nitro benzene ring substituents is 1. The average molecular weight is 448 g/mol. The standard InChI is InChI=1S/C15H14N3O5.C6H6N.K/c19-15(22-12-5-2-11(3-6-12)18(20)21)23-13-4-1-10(9-13)14-7-8-16-17-14;1-6-4-2-3-5-7-6;/h2-3,5-7,10,13H,1,4,9H2,(H,16,17);2-3,5H,1H3;/q2*-1;+1. The van der Waals surface area contributed by atoms with Crippen LogP contribution in [0.5, 0.6) is 5.75 Å². The van der Waals surface area contributed by atoms with Crippen LogP contribution in [-0.4, -0.2) is 32.4 Å². The number of carbonyl (C=O) groups excluding carboxylic acids is 1. The van der Waals surface area contributed by atoms with Gasteiger partial charge in [-0.15, -0.1) is 11.9 Å². The molecule has 1 aliphatic carbocycles. The SMILES string of the molecule is Cc1[c-]cccn1.O=C(Oc1ccc([N+](=O)[O-])cc1)OC1CCC(c2c[c-]n[nH]2)C1.[K+]. The van der Waals surface area contributed by atoms with Gasteiger partial charge in [0.05, 0.1) is 4.92 Å². The van der Waals surface area contributed by atoms with Crippen LogP contribution in [0.25, 0.3) is 0 Å². The molecule has 1 aromatic carbocycles. The average Bonchev–Trinajstić information content (AvgIpc) is 3.41. The molecule has 1 aliphatic rings. The van der Waals surface area contributed by atoms with E-state index in [4.69, 9.17) is 9.47 Å². The van der Waals surface area contributed by atoms with E-state index in [1.54, 1.807) is 12.3 Å². The summed E-state index contributed by atoms with van der Waals surface area (Å²) in [5, 5.41) is 17.2. The third kappa shape index (κ3) is 8.15. The summed E-state index contributed by atoms with van der Waals surface area (Å²) in [4.78, 5) is 25.7. The number of rotatable bonds is 4. The van der Waals surface area contributed by atoms with Gasteiger partial charge < -0.3 is 24.7 Å². The van der Waals surface area contributed by atoms with Gasteiger partial charge in [0.1, 0.15) is 11.9 Å². The van der Waals surface area contributed by atoms with Crippen molar-refractivity contribution < 1.29 is 70.6 Å². The van der Waals surface area contributed by atoms with Crippen molar-refractivity contribution in [2.75, 3.05) is 0 Å². The van der Waals surface area contributed by atoms with E-state index in [0.29, 0.717) is 6.42 Å². The van der Waals surface area contributed by atoms with E-state index in [1.807, 2.05) is 19.1 Å². The van der Waals surface area contributed by atoms with Crippen molar-refractivity contribution in [3.8, 4) is 5.75 Å². The summed E-state index contributed by atoms with van der Waals surface area (Å²) in [5.74, 6) is 0.476. The van der Waals surface area contributed by atoms with E-state index in [0.717, 1.165) is 24.2 Å². The van der Waals surface area contributed by atoms with Crippen LogP contribution in [0, 0.1) is 29.3 Å². The molecule has 3 aromatic rings. The minimum absolute atomic E-state index is 0. The second-order valence-corrected chi connectivity index (χ2v) is 6.67. The van der Waals surface area contributed by atoms with Crippen LogP contribution >= 0.6 is 0 Å². The maximum atomic E-state index is 11.8. The maximum Gasteiger partial charge on any atom is 1.00 e. The first-order valence-corrected chi connectivity index (χ1v) is 9.35. The van der Waals surface area contributed by atoms with Crippen molar-refractivity contribution in [3.63, 3.8) is 0 Å². The second-order valence-electron chi connectivity index (χ2n) is 6.67.